The van der Waals surface area contributed by atoms with Gasteiger partial charge in [0, 0.05) is 24.0 Å². The number of hydrogen-bond donors (Lipinski definition) is 1. The number of aromatic nitrogens is 1. The molecule has 2 heteroatoms. The Morgan fingerprint density at radius 2 is 2.21 bits per heavy atom. The average molecular weight is 255 g/mol. The van der Waals surface area contributed by atoms with Gasteiger partial charge in [-0.25, -0.2) is 0 Å². The van der Waals surface area contributed by atoms with Gasteiger partial charge in [-0.05, 0) is 44.2 Å². The van der Waals surface area contributed by atoms with Crippen molar-refractivity contribution in [2.24, 2.45) is 0 Å². The molecule has 0 saturated heterocycles. The van der Waals surface area contributed by atoms with Crippen LogP contribution < -0.4 is 0 Å². The van der Waals surface area contributed by atoms with Crippen molar-refractivity contribution >= 4 is 0 Å². The normalized spacial score (nSPS) is 18.3. The summed E-state index contributed by atoms with van der Waals surface area (Å²) in [6, 6.07) is 10.8. The zero-order valence-electron chi connectivity index (χ0n) is 11.5. The third kappa shape index (κ3) is 2.59. The fourth-order valence-electron chi connectivity index (χ4n) is 3.06. The second kappa shape index (κ2) is 5.22. The zero-order chi connectivity index (χ0) is 13.2. The number of aliphatic hydroxyl groups excluding tert-OH is 1. The Hall–Kier alpha value is -1.54. The molecule has 0 amide bonds. The molecule has 2 nitrogen and oxygen atoms in total. The molecule has 1 aromatic heterocycles. The van der Waals surface area contributed by atoms with Crippen molar-refractivity contribution in [1.82, 2.24) is 4.57 Å². The maximum Gasteiger partial charge on any atom is 0.0807 e. The Bertz CT molecular complexity index is 570. The van der Waals surface area contributed by atoms with Crippen LogP contribution in [0, 0.1) is 6.92 Å². The van der Waals surface area contributed by atoms with E-state index in [-0.39, 0.29) is 6.10 Å². The van der Waals surface area contributed by atoms with Gasteiger partial charge in [0.05, 0.1) is 6.10 Å². The van der Waals surface area contributed by atoms with Gasteiger partial charge in [-0.2, -0.15) is 0 Å². The van der Waals surface area contributed by atoms with Crippen LogP contribution in [-0.4, -0.2) is 9.67 Å². The Morgan fingerprint density at radius 1 is 1.32 bits per heavy atom. The first-order chi connectivity index (χ1) is 9.24. The van der Waals surface area contributed by atoms with Crippen molar-refractivity contribution in [3.63, 3.8) is 0 Å². The lowest BCUT2D eigenvalue weighted by molar-refractivity contribution is 0.155. The fourth-order valence-corrected chi connectivity index (χ4v) is 3.06. The summed E-state index contributed by atoms with van der Waals surface area (Å²) >= 11 is 0. The summed E-state index contributed by atoms with van der Waals surface area (Å²) in [5, 5.41) is 9.98. The zero-order valence-corrected chi connectivity index (χ0v) is 11.5. The number of rotatable bonds is 3. The molecule has 1 N–H and O–H groups in total. The van der Waals surface area contributed by atoms with E-state index in [9.17, 15) is 5.11 Å². The quantitative estimate of drug-likeness (QED) is 0.893. The summed E-state index contributed by atoms with van der Waals surface area (Å²) in [7, 11) is 0. The molecular formula is C17H21NO. The first kappa shape index (κ1) is 12.5. The van der Waals surface area contributed by atoms with E-state index in [0.29, 0.717) is 0 Å². The molecule has 1 atom stereocenters. The smallest absolute Gasteiger partial charge is 0.0807 e. The molecule has 1 aromatic carbocycles. The molecule has 0 aliphatic heterocycles. The van der Waals surface area contributed by atoms with E-state index >= 15 is 0 Å². The number of benzene rings is 1. The van der Waals surface area contributed by atoms with Crippen LogP contribution in [0.3, 0.4) is 0 Å². The van der Waals surface area contributed by atoms with Gasteiger partial charge in [0.25, 0.3) is 0 Å². The Morgan fingerprint density at radius 3 is 3.05 bits per heavy atom. The molecule has 3 rings (SSSR count). The summed E-state index contributed by atoms with van der Waals surface area (Å²) in [6.45, 7) is 3.14. The number of aliphatic hydroxyl groups is 1. The molecule has 0 spiro atoms. The summed E-state index contributed by atoms with van der Waals surface area (Å²) < 4.78 is 2.32. The standard InChI is InChI=1S/C17H21NO/c1-13-4-2-5-14(12-13)8-10-18-11-9-15-16(18)6-3-7-17(15)19/h2,4-5,9,11-12,17,19H,3,6-8,10H2,1H3. The van der Waals surface area contributed by atoms with Crippen LogP contribution in [-0.2, 0) is 19.4 Å². The molecule has 1 aliphatic carbocycles. The molecule has 0 radical (unpaired) electrons. The SMILES string of the molecule is Cc1cccc(CCn2ccc3c2CCCC3O)c1. The van der Waals surface area contributed by atoms with Gasteiger partial charge in [-0.3, -0.25) is 0 Å². The van der Waals surface area contributed by atoms with E-state index in [4.69, 9.17) is 0 Å². The molecule has 19 heavy (non-hydrogen) atoms. The van der Waals surface area contributed by atoms with Gasteiger partial charge >= 0.3 is 0 Å². The number of nitrogens with zero attached hydrogens (tertiary/aromatic N) is 1. The van der Waals surface area contributed by atoms with E-state index in [0.717, 1.165) is 37.8 Å². The van der Waals surface area contributed by atoms with E-state index < -0.39 is 0 Å². The second-order valence-corrected chi connectivity index (χ2v) is 5.56. The lowest BCUT2D eigenvalue weighted by Gasteiger charge is -2.20. The van der Waals surface area contributed by atoms with Crippen LogP contribution in [0.1, 0.15) is 41.3 Å². The van der Waals surface area contributed by atoms with Gasteiger partial charge in [-0.1, -0.05) is 29.8 Å². The summed E-state index contributed by atoms with van der Waals surface area (Å²) in [4.78, 5) is 0. The van der Waals surface area contributed by atoms with E-state index in [1.165, 1.54) is 16.8 Å². The largest absolute Gasteiger partial charge is 0.388 e. The topological polar surface area (TPSA) is 25.2 Å². The highest BCUT2D eigenvalue weighted by atomic mass is 16.3. The van der Waals surface area contributed by atoms with Crippen LogP contribution in [0.4, 0.5) is 0 Å². The van der Waals surface area contributed by atoms with Crippen molar-refractivity contribution < 1.29 is 5.11 Å². The second-order valence-electron chi connectivity index (χ2n) is 5.56. The highest BCUT2D eigenvalue weighted by molar-refractivity contribution is 5.28. The molecule has 2 aromatic rings. The van der Waals surface area contributed by atoms with Crippen molar-refractivity contribution in [3.05, 3.63) is 58.9 Å². The molecule has 0 saturated carbocycles. The lowest BCUT2D eigenvalue weighted by Crippen LogP contribution is -2.12. The minimum absolute atomic E-state index is 0.246. The monoisotopic (exact) mass is 255 g/mol. The molecule has 1 unspecified atom stereocenters. The van der Waals surface area contributed by atoms with Crippen molar-refractivity contribution in [3.8, 4) is 0 Å². The summed E-state index contributed by atoms with van der Waals surface area (Å²) in [5.74, 6) is 0. The predicted octanol–water partition coefficient (Wildman–Crippen LogP) is 3.41. The average Bonchev–Trinajstić information content (AvgIpc) is 2.81. The van der Waals surface area contributed by atoms with Crippen LogP contribution in [0.15, 0.2) is 36.5 Å². The van der Waals surface area contributed by atoms with Crippen molar-refractivity contribution in [2.45, 2.75) is 45.3 Å². The van der Waals surface area contributed by atoms with Crippen LogP contribution >= 0.6 is 0 Å². The maximum absolute atomic E-state index is 9.98. The molecule has 1 heterocycles. The van der Waals surface area contributed by atoms with Crippen LogP contribution in [0.25, 0.3) is 0 Å². The van der Waals surface area contributed by atoms with Crippen LogP contribution in [0.5, 0.6) is 0 Å². The van der Waals surface area contributed by atoms with Gasteiger partial charge in [0.2, 0.25) is 0 Å². The molecule has 1 aliphatic rings. The lowest BCUT2D eigenvalue weighted by atomic mass is 9.95. The van der Waals surface area contributed by atoms with E-state index in [1.807, 2.05) is 0 Å². The number of fused-ring (bicyclic) bond motifs is 1. The molecule has 100 valence electrons. The predicted molar refractivity (Wildman–Crippen MR) is 77.2 cm³/mol. The first-order valence-electron chi connectivity index (χ1n) is 7.15. The third-order valence-corrected chi connectivity index (χ3v) is 4.09. The van der Waals surface area contributed by atoms with Gasteiger partial charge in [0.1, 0.15) is 0 Å². The molecule has 0 bridgehead atoms. The molecule has 0 fully saturated rings. The third-order valence-electron chi connectivity index (χ3n) is 4.09. The van der Waals surface area contributed by atoms with Gasteiger partial charge in [-0.15, -0.1) is 0 Å². The van der Waals surface area contributed by atoms with Gasteiger partial charge < -0.3 is 9.67 Å². The first-order valence-corrected chi connectivity index (χ1v) is 7.15. The van der Waals surface area contributed by atoms with Crippen LogP contribution in [0.2, 0.25) is 0 Å². The minimum atomic E-state index is -0.246. The van der Waals surface area contributed by atoms with E-state index in [1.54, 1.807) is 0 Å². The maximum atomic E-state index is 9.98. The highest BCUT2D eigenvalue weighted by Gasteiger charge is 2.20. The van der Waals surface area contributed by atoms with E-state index in [2.05, 4.69) is 48.0 Å². The Kier molecular flexibility index (Phi) is 3.43. The Balaban J connectivity index is 1.74. The highest BCUT2D eigenvalue weighted by Crippen LogP contribution is 2.30. The number of aryl methyl sites for hydroxylation is 3. The summed E-state index contributed by atoms with van der Waals surface area (Å²) in [6.07, 6.45) is 6.06. The molecular weight excluding hydrogens is 234 g/mol. The minimum Gasteiger partial charge on any atom is -0.388 e. The van der Waals surface area contributed by atoms with Gasteiger partial charge in [0.15, 0.2) is 0 Å². The Labute approximate surface area is 114 Å². The van der Waals surface area contributed by atoms with Crippen molar-refractivity contribution in [2.75, 3.05) is 0 Å². The summed E-state index contributed by atoms with van der Waals surface area (Å²) in [5.41, 5.74) is 5.20. The number of hydrogen-bond acceptors (Lipinski definition) is 1. The van der Waals surface area contributed by atoms with Crippen molar-refractivity contribution in [1.29, 1.82) is 0 Å². The fraction of sp³-hybridized carbons (Fsp3) is 0.412.